The number of rotatable bonds is 5. The Balaban J connectivity index is 0.000000500. The first-order chi connectivity index (χ1) is 13.4. The zero-order chi connectivity index (χ0) is 20.5. The molecule has 1 saturated heterocycles. The molecule has 0 spiro atoms. The van der Waals surface area contributed by atoms with Gasteiger partial charge in [0, 0.05) is 31.3 Å². The van der Waals surface area contributed by atoms with Crippen LogP contribution >= 0.6 is 0 Å². The van der Waals surface area contributed by atoms with Gasteiger partial charge in [0.2, 0.25) is 11.6 Å². The molecule has 0 N–H and O–H groups in total. The van der Waals surface area contributed by atoms with Crippen LogP contribution in [0.25, 0.3) is 0 Å². The predicted octanol–water partition coefficient (Wildman–Crippen LogP) is 3.58. The van der Waals surface area contributed by atoms with Gasteiger partial charge in [-0.2, -0.15) is 8.78 Å². The van der Waals surface area contributed by atoms with E-state index in [1.54, 1.807) is 30.3 Å². The Morgan fingerprint density at radius 3 is 2.14 bits per heavy atom. The maximum Gasteiger partial charge on any atom is 0.345 e. The van der Waals surface area contributed by atoms with Gasteiger partial charge in [-0.15, -0.1) is 0 Å². The highest BCUT2D eigenvalue weighted by Crippen LogP contribution is 2.23. The van der Waals surface area contributed by atoms with E-state index >= 15 is 0 Å². The SMILES string of the molecule is COC(F)F.O=C(C(=O)c1ccc(F)c(N2CCOCC2)c1)c1ccccc1. The molecule has 1 fully saturated rings. The molecule has 0 bridgehead atoms. The summed E-state index contributed by atoms with van der Waals surface area (Å²) in [5.41, 5.74) is 0.858. The minimum atomic E-state index is -2.62. The van der Waals surface area contributed by atoms with Gasteiger partial charge in [0.25, 0.3) is 0 Å². The third-order valence-electron chi connectivity index (χ3n) is 3.98. The maximum absolute atomic E-state index is 14.1. The van der Waals surface area contributed by atoms with Crippen molar-refractivity contribution in [1.29, 1.82) is 0 Å². The van der Waals surface area contributed by atoms with Crippen molar-refractivity contribution < 1.29 is 32.2 Å². The van der Waals surface area contributed by atoms with Crippen LogP contribution in [0.15, 0.2) is 48.5 Å². The standard InChI is InChI=1S/C18H16FNO3.C2H4F2O/c19-15-7-6-14(12-16(15)20-8-10-23-11-9-20)18(22)17(21)13-4-2-1-3-5-13;1-5-2(3)4/h1-7,12H,8-11H2;2H,1H3. The van der Waals surface area contributed by atoms with E-state index in [1.165, 1.54) is 18.2 Å². The van der Waals surface area contributed by atoms with Crippen LogP contribution in [-0.4, -0.2) is 51.6 Å². The molecule has 0 aliphatic carbocycles. The Morgan fingerprint density at radius 1 is 1.00 bits per heavy atom. The lowest BCUT2D eigenvalue weighted by molar-refractivity contribution is -0.105. The third kappa shape index (κ3) is 5.90. The van der Waals surface area contributed by atoms with Gasteiger partial charge in [-0.05, 0) is 18.2 Å². The third-order valence-corrected chi connectivity index (χ3v) is 3.98. The zero-order valence-electron chi connectivity index (χ0n) is 15.2. The summed E-state index contributed by atoms with van der Waals surface area (Å²) in [5, 5.41) is 0. The van der Waals surface area contributed by atoms with E-state index in [-0.39, 0.29) is 5.56 Å². The Hall–Kier alpha value is -2.71. The van der Waals surface area contributed by atoms with Crippen molar-refractivity contribution in [1.82, 2.24) is 0 Å². The monoisotopic (exact) mass is 395 g/mol. The van der Waals surface area contributed by atoms with Gasteiger partial charge >= 0.3 is 6.61 Å². The van der Waals surface area contributed by atoms with Gasteiger partial charge in [-0.1, -0.05) is 30.3 Å². The van der Waals surface area contributed by atoms with Crippen LogP contribution in [0.1, 0.15) is 20.7 Å². The molecular formula is C20H20F3NO4. The number of carbonyl (C=O) groups is 2. The fourth-order valence-corrected chi connectivity index (χ4v) is 2.55. The number of benzene rings is 2. The number of nitrogens with zero attached hydrogens (tertiary/aromatic N) is 1. The molecule has 0 atom stereocenters. The number of carbonyl (C=O) groups excluding carboxylic acids is 2. The van der Waals surface area contributed by atoms with Crippen molar-refractivity contribution >= 4 is 17.3 Å². The largest absolute Gasteiger partial charge is 0.378 e. The average molecular weight is 395 g/mol. The molecule has 1 heterocycles. The van der Waals surface area contributed by atoms with Crippen molar-refractivity contribution in [2.24, 2.45) is 0 Å². The van der Waals surface area contributed by atoms with Crippen LogP contribution < -0.4 is 4.90 Å². The molecule has 2 aromatic rings. The van der Waals surface area contributed by atoms with Gasteiger partial charge in [-0.3, -0.25) is 9.59 Å². The number of hydrogen-bond acceptors (Lipinski definition) is 5. The summed E-state index contributed by atoms with van der Waals surface area (Å²) in [5.74, 6) is -1.63. The molecule has 2 aromatic carbocycles. The molecule has 0 amide bonds. The molecule has 0 radical (unpaired) electrons. The summed E-state index contributed by atoms with van der Waals surface area (Å²) in [6.45, 7) is -0.473. The van der Waals surface area contributed by atoms with Crippen molar-refractivity contribution in [3.05, 3.63) is 65.5 Å². The van der Waals surface area contributed by atoms with E-state index in [4.69, 9.17) is 4.74 Å². The minimum Gasteiger partial charge on any atom is -0.378 e. The first kappa shape index (κ1) is 21.6. The van der Waals surface area contributed by atoms with Crippen molar-refractivity contribution in [2.45, 2.75) is 6.61 Å². The molecule has 8 heteroatoms. The highest BCUT2D eigenvalue weighted by atomic mass is 19.3. The number of halogens is 3. The summed E-state index contributed by atoms with van der Waals surface area (Å²) in [4.78, 5) is 26.4. The van der Waals surface area contributed by atoms with Gasteiger partial charge in [0.1, 0.15) is 5.82 Å². The van der Waals surface area contributed by atoms with Crippen LogP contribution in [0.5, 0.6) is 0 Å². The fraction of sp³-hybridized carbons (Fsp3) is 0.300. The molecule has 0 aromatic heterocycles. The maximum atomic E-state index is 14.1. The molecule has 150 valence electrons. The van der Waals surface area contributed by atoms with Crippen LogP contribution in [0, 0.1) is 5.82 Å². The second-order valence-corrected chi connectivity index (χ2v) is 5.79. The number of anilines is 1. The van der Waals surface area contributed by atoms with Crippen LogP contribution in [0.4, 0.5) is 18.9 Å². The fourth-order valence-electron chi connectivity index (χ4n) is 2.55. The Morgan fingerprint density at radius 2 is 1.57 bits per heavy atom. The summed E-state index contributed by atoms with van der Waals surface area (Å²) in [6.07, 6.45) is 0. The normalized spacial score (nSPS) is 13.7. The number of hydrogen-bond donors (Lipinski definition) is 0. The second-order valence-electron chi connectivity index (χ2n) is 5.79. The van der Waals surface area contributed by atoms with Crippen molar-refractivity contribution in [3.8, 4) is 0 Å². The molecule has 1 aliphatic rings. The number of methoxy groups -OCH3 is 1. The average Bonchev–Trinajstić information content (AvgIpc) is 2.74. The number of ketones is 2. The van der Waals surface area contributed by atoms with E-state index in [9.17, 15) is 22.8 Å². The summed E-state index contributed by atoms with van der Waals surface area (Å²) >= 11 is 0. The van der Waals surface area contributed by atoms with Gasteiger partial charge in [-0.25, -0.2) is 4.39 Å². The predicted molar refractivity (Wildman–Crippen MR) is 97.5 cm³/mol. The molecule has 28 heavy (non-hydrogen) atoms. The number of ether oxygens (including phenoxy) is 2. The highest BCUT2D eigenvalue weighted by Gasteiger charge is 2.21. The number of alkyl halides is 2. The summed E-state index contributed by atoms with van der Waals surface area (Å²) < 4.78 is 43.8. The zero-order valence-corrected chi connectivity index (χ0v) is 15.2. The molecule has 1 aliphatic heterocycles. The van der Waals surface area contributed by atoms with E-state index in [2.05, 4.69) is 4.74 Å². The first-order valence-electron chi connectivity index (χ1n) is 8.51. The molecule has 0 unspecified atom stereocenters. The van der Waals surface area contributed by atoms with Gasteiger partial charge < -0.3 is 14.4 Å². The Kier molecular flexibility index (Phi) is 8.16. The lowest BCUT2D eigenvalue weighted by Crippen LogP contribution is -2.36. The summed E-state index contributed by atoms with van der Waals surface area (Å²) in [6, 6.07) is 12.4. The second kappa shape index (κ2) is 10.6. The van der Waals surface area contributed by atoms with Gasteiger partial charge in [0.05, 0.1) is 18.9 Å². The summed E-state index contributed by atoms with van der Waals surface area (Å²) in [7, 11) is 0.949. The quantitative estimate of drug-likeness (QED) is 0.572. The van der Waals surface area contributed by atoms with Crippen LogP contribution in [-0.2, 0) is 9.47 Å². The van der Waals surface area contributed by atoms with Gasteiger partial charge in [0.15, 0.2) is 0 Å². The van der Waals surface area contributed by atoms with E-state index in [0.29, 0.717) is 37.6 Å². The molecule has 3 rings (SSSR count). The van der Waals surface area contributed by atoms with E-state index < -0.39 is 24.0 Å². The number of Topliss-reactive ketones (excluding diaryl/α,β-unsaturated/α-hetero) is 2. The van der Waals surface area contributed by atoms with Crippen molar-refractivity contribution in [2.75, 3.05) is 38.3 Å². The molecular weight excluding hydrogens is 375 g/mol. The molecule has 5 nitrogen and oxygen atoms in total. The lowest BCUT2D eigenvalue weighted by Gasteiger charge is -2.29. The van der Waals surface area contributed by atoms with E-state index in [0.717, 1.165) is 7.11 Å². The van der Waals surface area contributed by atoms with Crippen molar-refractivity contribution in [3.63, 3.8) is 0 Å². The Labute approximate surface area is 160 Å². The van der Waals surface area contributed by atoms with Crippen LogP contribution in [0.3, 0.4) is 0 Å². The molecule has 0 saturated carbocycles. The Bertz CT molecular complexity index is 793. The van der Waals surface area contributed by atoms with E-state index in [1.807, 2.05) is 4.90 Å². The highest BCUT2D eigenvalue weighted by molar-refractivity contribution is 6.49. The number of morpholine rings is 1. The van der Waals surface area contributed by atoms with Crippen LogP contribution in [0.2, 0.25) is 0 Å². The first-order valence-corrected chi connectivity index (χ1v) is 8.51. The topological polar surface area (TPSA) is 55.8 Å². The smallest absolute Gasteiger partial charge is 0.345 e. The lowest BCUT2D eigenvalue weighted by atomic mass is 10.0. The minimum absolute atomic E-state index is 0.196.